The predicted molar refractivity (Wildman–Crippen MR) is 82.8 cm³/mol. The molecule has 0 aromatic rings. The van der Waals surface area contributed by atoms with E-state index in [2.05, 4.69) is 32.9 Å². The Morgan fingerprint density at radius 1 is 0.889 bits per heavy atom. The van der Waals surface area contributed by atoms with Gasteiger partial charge in [0.2, 0.25) is 0 Å². The lowest BCUT2D eigenvalue weighted by atomic mass is 9.81. The van der Waals surface area contributed by atoms with Crippen LogP contribution in [0.1, 0.15) is 85.0 Å². The van der Waals surface area contributed by atoms with Gasteiger partial charge in [0, 0.05) is 0 Å². The largest absolute Gasteiger partial charge is 0.0696 e. The predicted octanol–water partition coefficient (Wildman–Crippen LogP) is 6.43. The molecule has 0 aromatic heterocycles. The highest BCUT2D eigenvalue weighted by molar-refractivity contribution is 5.26. The zero-order valence-electron chi connectivity index (χ0n) is 12.8. The van der Waals surface area contributed by atoms with Gasteiger partial charge in [0.15, 0.2) is 0 Å². The normalized spacial score (nSPS) is 19.6. The summed E-state index contributed by atoms with van der Waals surface area (Å²) in [6.07, 6.45) is 18.5. The van der Waals surface area contributed by atoms with Crippen molar-refractivity contribution in [2.24, 2.45) is 5.92 Å². The molecule has 0 saturated heterocycles. The van der Waals surface area contributed by atoms with Gasteiger partial charge in [-0.25, -0.2) is 0 Å². The molecule has 0 aromatic carbocycles. The van der Waals surface area contributed by atoms with Crippen LogP contribution in [-0.2, 0) is 0 Å². The fourth-order valence-electron chi connectivity index (χ4n) is 2.94. The second-order valence-electron chi connectivity index (χ2n) is 5.79. The smallest absolute Gasteiger partial charge is 0.0165 e. The molecule has 0 aliphatic heterocycles. The Hall–Kier alpha value is -0.520. The Morgan fingerprint density at radius 2 is 1.56 bits per heavy atom. The first kappa shape index (κ1) is 15.5. The van der Waals surface area contributed by atoms with E-state index >= 15 is 0 Å². The molecule has 0 N–H and O–H groups in total. The summed E-state index contributed by atoms with van der Waals surface area (Å²) in [7, 11) is 0. The van der Waals surface area contributed by atoms with Gasteiger partial charge in [-0.2, -0.15) is 0 Å². The zero-order chi connectivity index (χ0) is 13.2. The van der Waals surface area contributed by atoms with Gasteiger partial charge in [0.25, 0.3) is 0 Å². The van der Waals surface area contributed by atoms with E-state index in [4.69, 9.17) is 0 Å². The summed E-state index contributed by atoms with van der Waals surface area (Å²) in [5, 5.41) is 0. The van der Waals surface area contributed by atoms with E-state index < -0.39 is 0 Å². The molecule has 1 aliphatic rings. The Labute approximate surface area is 115 Å². The van der Waals surface area contributed by atoms with Crippen LogP contribution in [-0.4, -0.2) is 0 Å². The summed E-state index contributed by atoms with van der Waals surface area (Å²) >= 11 is 0. The Bertz CT molecular complexity index is 270. The van der Waals surface area contributed by atoms with Crippen LogP contribution in [0, 0.1) is 5.92 Å². The van der Waals surface area contributed by atoms with Gasteiger partial charge in [-0.05, 0) is 44.4 Å². The summed E-state index contributed by atoms with van der Waals surface area (Å²) in [6.45, 7) is 6.93. The molecule has 1 unspecified atom stereocenters. The van der Waals surface area contributed by atoms with E-state index in [1.165, 1.54) is 64.2 Å². The number of hydrogen-bond donors (Lipinski definition) is 0. The van der Waals surface area contributed by atoms with Crippen LogP contribution in [0.4, 0.5) is 0 Å². The quantitative estimate of drug-likeness (QED) is 0.412. The van der Waals surface area contributed by atoms with Crippen LogP contribution >= 0.6 is 0 Å². The van der Waals surface area contributed by atoms with Crippen molar-refractivity contribution < 1.29 is 0 Å². The van der Waals surface area contributed by atoms with Crippen LogP contribution in [0.25, 0.3) is 0 Å². The first-order chi connectivity index (χ1) is 8.81. The first-order valence-electron chi connectivity index (χ1n) is 8.20. The fraction of sp³-hybridized carbons (Fsp3) is 0.778. The van der Waals surface area contributed by atoms with Crippen LogP contribution in [0.15, 0.2) is 23.3 Å². The number of unbranched alkanes of at least 4 members (excludes halogenated alkanes) is 4. The van der Waals surface area contributed by atoms with E-state index in [0.29, 0.717) is 0 Å². The minimum Gasteiger partial charge on any atom is -0.0696 e. The molecule has 104 valence electrons. The second-order valence-corrected chi connectivity index (χ2v) is 5.79. The molecule has 1 aliphatic carbocycles. The fourth-order valence-corrected chi connectivity index (χ4v) is 2.94. The van der Waals surface area contributed by atoms with Gasteiger partial charge in [0.05, 0.1) is 0 Å². The third kappa shape index (κ3) is 5.42. The van der Waals surface area contributed by atoms with Crippen molar-refractivity contribution in [2.75, 3.05) is 0 Å². The van der Waals surface area contributed by atoms with Crippen molar-refractivity contribution in [1.82, 2.24) is 0 Å². The van der Waals surface area contributed by atoms with Crippen molar-refractivity contribution in [3.05, 3.63) is 23.3 Å². The molecule has 0 spiro atoms. The van der Waals surface area contributed by atoms with Gasteiger partial charge in [-0.15, -0.1) is 0 Å². The number of rotatable bonds is 9. The third-order valence-electron chi connectivity index (χ3n) is 4.23. The highest BCUT2D eigenvalue weighted by Gasteiger charge is 2.16. The van der Waals surface area contributed by atoms with Crippen LogP contribution in [0.2, 0.25) is 0 Å². The maximum absolute atomic E-state index is 2.45. The molecule has 0 heteroatoms. The van der Waals surface area contributed by atoms with Gasteiger partial charge >= 0.3 is 0 Å². The Balaban J connectivity index is 2.45. The molecule has 0 nitrogen and oxygen atoms in total. The molecule has 0 amide bonds. The van der Waals surface area contributed by atoms with E-state index in [9.17, 15) is 0 Å². The third-order valence-corrected chi connectivity index (χ3v) is 4.23. The van der Waals surface area contributed by atoms with Gasteiger partial charge in [-0.3, -0.25) is 0 Å². The molecule has 0 saturated carbocycles. The van der Waals surface area contributed by atoms with Crippen molar-refractivity contribution in [3.63, 3.8) is 0 Å². The van der Waals surface area contributed by atoms with Crippen LogP contribution < -0.4 is 0 Å². The van der Waals surface area contributed by atoms with E-state index in [-0.39, 0.29) is 0 Å². The number of allylic oxidation sites excluding steroid dienone is 4. The standard InChI is InChI=1S/C18H32/c1-4-7-9-11-16-13-14-18(12-10-8-5-2)17(6-3)15-16/h13-14,17H,4-12,15H2,1-3H3. The summed E-state index contributed by atoms with van der Waals surface area (Å²) in [5.74, 6) is 0.850. The summed E-state index contributed by atoms with van der Waals surface area (Å²) < 4.78 is 0. The van der Waals surface area contributed by atoms with Crippen molar-refractivity contribution in [2.45, 2.75) is 85.0 Å². The van der Waals surface area contributed by atoms with Crippen LogP contribution in [0.3, 0.4) is 0 Å². The van der Waals surface area contributed by atoms with Crippen molar-refractivity contribution in [3.8, 4) is 0 Å². The van der Waals surface area contributed by atoms with Gasteiger partial charge < -0.3 is 0 Å². The average Bonchev–Trinajstić information content (AvgIpc) is 2.40. The molecule has 18 heavy (non-hydrogen) atoms. The lowest BCUT2D eigenvalue weighted by Crippen LogP contribution is -2.08. The highest BCUT2D eigenvalue weighted by atomic mass is 14.2. The molecule has 0 bridgehead atoms. The van der Waals surface area contributed by atoms with Crippen LogP contribution in [0.5, 0.6) is 0 Å². The van der Waals surface area contributed by atoms with Crippen molar-refractivity contribution >= 4 is 0 Å². The molecule has 0 fully saturated rings. The first-order valence-corrected chi connectivity index (χ1v) is 8.20. The Kier molecular flexibility index (Phi) is 8.13. The minimum absolute atomic E-state index is 0.850. The van der Waals surface area contributed by atoms with Gasteiger partial charge in [0.1, 0.15) is 0 Å². The molecule has 1 atom stereocenters. The number of hydrogen-bond acceptors (Lipinski definition) is 0. The summed E-state index contributed by atoms with van der Waals surface area (Å²) in [5.41, 5.74) is 3.43. The second kappa shape index (κ2) is 9.42. The monoisotopic (exact) mass is 248 g/mol. The Morgan fingerprint density at radius 3 is 2.17 bits per heavy atom. The SMILES string of the molecule is CCCCCC1=CC=C(CCCCC)C(CC)C1. The zero-order valence-corrected chi connectivity index (χ0v) is 12.8. The maximum atomic E-state index is 2.45. The summed E-state index contributed by atoms with van der Waals surface area (Å²) in [6, 6.07) is 0. The maximum Gasteiger partial charge on any atom is -0.0165 e. The molecule has 0 heterocycles. The van der Waals surface area contributed by atoms with E-state index in [1.54, 1.807) is 11.1 Å². The lowest BCUT2D eigenvalue weighted by Gasteiger charge is -2.24. The highest BCUT2D eigenvalue weighted by Crippen LogP contribution is 2.33. The van der Waals surface area contributed by atoms with Gasteiger partial charge in [-0.1, -0.05) is 69.8 Å². The van der Waals surface area contributed by atoms with Crippen molar-refractivity contribution in [1.29, 1.82) is 0 Å². The summed E-state index contributed by atoms with van der Waals surface area (Å²) in [4.78, 5) is 0. The molecular formula is C18H32. The lowest BCUT2D eigenvalue weighted by molar-refractivity contribution is 0.527. The molecule has 0 radical (unpaired) electrons. The average molecular weight is 248 g/mol. The van der Waals surface area contributed by atoms with E-state index in [1.807, 2.05) is 0 Å². The molecule has 1 rings (SSSR count). The topological polar surface area (TPSA) is 0 Å². The minimum atomic E-state index is 0.850. The molecular weight excluding hydrogens is 216 g/mol. The van der Waals surface area contributed by atoms with E-state index in [0.717, 1.165) is 5.92 Å².